The van der Waals surface area contributed by atoms with Crippen LogP contribution in [-0.4, -0.2) is 26.0 Å². The first kappa shape index (κ1) is 28.5. The molecule has 0 unspecified atom stereocenters. The van der Waals surface area contributed by atoms with Crippen LogP contribution in [0.4, 0.5) is 5.69 Å². The number of hydrogen-bond donors (Lipinski definition) is 1. The first-order chi connectivity index (χ1) is 17.9. The Kier molecular flexibility index (Phi) is 10.8. The van der Waals surface area contributed by atoms with Gasteiger partial charge in [-0.1, -0.05) is 88.4 Å². The summed E-state index contributed by atoms with van der Waals surface area (Å²) in [6, 6.07) is 21.9. The highest BCUT2D eigenvalue weighted by Gasteiger charge is 2.26. The zero-order valence-electron chi connectivity index (χ0n) is 22.0. The largest absolute Gasteiger partial charge is 0.478 e. The monoisotopic (exact) mass is 521 g/mol. The second-order valence-electron chi connectivity index (χ2n) is 9.52. The lowest BCUT2D eigenvalue weighted by Crippen LogP contribution is -2.33. The molecule has 0 fully saturated rings. The summed E-state index contributed by atoms with van der Waals surface area (Å²) in [5.74, 6) is -0.945. The van der Waals surface area contributed by atoms with Crippen LogP contribution in [0.5, 0.6) is 0 Å². The van der Waals surface area contributed by atoms with Crippen molar-refractivity contribution in [1.82, 2.24) is 0 Å². The highest BCUT2D eigenvalue weighted by molar-refractivity contribution is 7.92. The smallest absolute Gasteiger partial charge is 0.335 e. The topological polar surface area (TPSA) is 74.7 Å². The van der Waals surface area contributed by atoms with E-state index in [0.717, 1.165) is 67.3 Å². The van der Waals surface area contributed by atoms with Gasteiger partial charge in [-0.15, -0.1) is 0 Å². The first-order valence-electron chi connectivity index (χ1n) is 13.4. The van der Waals surface area contributed by atoms with E-state index < -0.39 is 16.0 Å². The van der Waals surface area contributed by atoms with Crippen LogP contribution in [0.15, 0.2) is 77.7 Å². The van der Waals surface area contributed by atoms with Crippen molar-refractivity contribution in [3.8, 4) is 0 Å². The third-order valence-corrected chi connectivity index (χ3v) is 8.49. The van der Waals surface area contributed by atoms with E-state index >= 15 is 0 Å². The highest BCUT2D eigenvalue weighted by atomic mass is 32.2. The van der Waals surface area contributed by atoms with Gasteiger partial charge in [-0.3, -0.25) is 4.31 Å². The van der Waals surface area contributed by atoms with Crippen molar-refractivity contribution in [2.24, 2.45) is 0 Å². The van der Waals surface area contributed by atoms with E-state index in [4.69, 9.17) is 5.11 Å². The SMILES string of the molecule is CCCCCCCN(c1ccccc1CCc1ccc(C(=O)O)cc1)S(=O)(=O)c1ccc(CCC)cc1. The molecule has 0 saturated carbocycles. The minimum atomic E-state index is -3.73. The highest BCUT2D eigenvalue weighted by Crippen LogP contribution is 2.29. The number of aryl methyl sites for hydroxylation is 3. The molecule has 0 bridgehead atoms. The number of rotatable bonds is 15. The Balaban J connectivity index is 1.88. The van der Waals surface area contributed by atoms with Crippen LogP contribution >= 0.6 is 0 Å². The zero-order chi connectivity index (χ0) is 26.7. The zero-order valence-corrected chi connectivity index (χ0v) is 22.8. The molecule has 1 N–H and O–H groups in total. The lowest BCUT2D eigenvalue weighted by molar-refractivity contribution is 0.0697. The summed E-state index contributed by atoms with van der Waals surface area (Å²) in [4.78, 5) is 11.5. The van der Waals surface area contributed by atoms with Gasteiger partial charge < -0.3 is 5.11 Å². The van der Waals surface area contributed by atoms with E-state index in [2.05, 4.69) is 13.8 Å². The Bertz CT molecular complexity index is 1230. The van der Waals surface area contributed by atoms with Crippen LogP contribution in [0.25, 0.3) is 0 Å². The van der Waals surface area contributed by atoms with Crippen molar-refractivity contribution >= 4 is 21.7 Å². The summed E-state index contributed by atoms with van der Waals surface area (Å²) in [5.41, 5.74) is 4.10. The number of anilines is 1. The van der Waals surface area contributed by atoms with Crippen molar-refractivity contribution < 1.29 is 18.3 Å². The second kappa shape index (κ2) is 14.0. The summed E-state index contributed by atoms with van der Waals surface area (Å²) in [6.07, 6.45) is 8.48. The molecule has 198 valence electrons. The van der Waals surface area contributed by atoms with Crippen LogP contribution in [0.2, 0.25) is 0 Å². The van der Waals surface area contributed by atoms with E-state index in [1.54, 1.807) is 28.6 Å². The third kappa shape index (κ3) is 7.93. The van der Waals surface area contributed by atoms with Crippen LogP contribution in [0.3, 0.4) is 0 Å². The third-order valence-electron chi connectivity index (χ3n) is 6.66. The summed E-state index contributed by atoms with van der Waals surface area (Å²) in [6.45, 7) is 4.72. The van der Waals surface area contributed by atoms with E-state index in [0.29, 0.717) is 24.3 Å². The average molecular weight is 522 g/mol. The van der Waals surface area contributed by atoms with Crippen molar-refractivity contribution in [3.05, 3.63) is 95.1 Å². The van der Waals surface area contributed by atoms with Crippen LogP contribution in [0, 0.1) is 0 Å². The number of para-hydroxylation sites is 1. The van der Waals surface area contributed by atoms with Gasteiger partial charge in [0.2, 0.25) is 0 Å². The molecule has 0 aliphatic heterocycles. The fourth-order valence-corrected chi connectivity index (χ4v) is 6.07. The number of hydrogen-bond acceptors (Lipinski definition) is 3. The molecule has 0 spiro atoms. The lowest BCUT2D eigenvalue weighted by Gasteiger charge is -2.27. The summed E-state index contributed by atoms with van der Waals surface area (Å²) in [5, 5.41) is 9.15. The van der Waals surface area contributed by atoms with Crippen molar-refractivity contribution in [1.29, 1.82) is 0 Å². The van der Waals surface area contributed by atoms with Gasteiger partial charge in [-0.25, -0.2) is 13.2 Å². The standard InChI is InChI=1S/C31H39NO4S/c1-3-5-6-7-10-24-32(37(35,36)29-22-17-25(11-4-2)18-23-29)30-13-9-8-12-27(30)19-14-26-15-20-28(21-16-26)31(33)34/h8-9,12-13,15-18,20-23H,3-7,10-11,14,19,24H2,1-2H3,(H,33,34). The molecule has 5 nitrogen and oxygen atoms in total. The summed E-state index contributed by atoms with van der Waals surface area (Å²) >= 11 is 0. The van der Waals surface area contributed by atoms with Crippen molar-refractivity contribution in [2.45, 2.75) is 76.5 Å². The number of sulfonamides is 1. The molecule has 6 heteroatoms. The number of nitrogens with zero attached hydrogens (tertiary/aromatic N) is 1. The van der Waals surface area contributed by atoms with Gasteiger partial charge in [0, 0.05) is 6.54 Å². The molecule has 3 aromatic rings. The molecule has 0 saturated heterocycles. The van der Waals surface area contributed by atoms with Crippen LogP contribution < -0.4 is 4.31 Å². The molecule has 0 heterocycles. The van der Waals surface area contributed by atoms with Gasteiger partial charge in [0.05, 0.1) is 16.1 Å². The number of aromatic carboxylic acids is 1. The Morgan fingerprint density at radius 1 is 0.730 bits per heavy atom. The lowest BCUT2D eigenvalue weighted by atomic mass is 10.0. The maximum Gasteiger partial charge on any atom is 0.335 e. The van der Waals surface area contributed by atoms with Gasteiger partial charge in [-0.05, 0) is 72.7 Å². The minimum absolute atomic E-state index is 0.259. The molecule has 37 heavy (non-hydrogen) atoms. The van der Waals surface area contributed by atoms with Gasteiger partial charge in [0.25, 0.3) is 10.0 Å². The molecule has 0 radical (unpaired) electrons. The molecule has 0 amide bonds. The summed E-state index contributed by atoms with van der Waals surface area (Å²) < 4.78 is 29.4. The molecule has 3 rings (SSSR count). The average Bonchev–Trinajstić information content (AvgIpc) is 2.90. The number of carboxylic acid groups (broad SMARTS) is 1. The molecule has 0 aliphatic rings. The van der Waals surface area contributed by atoms with Crippen LogP contribution in [0.1, 0.15) is 79.4 Å². The van der Waals surface area contributed by atoms with Crippen LogP contribution in [-0.2, 0) is 29.3 Å². The van der Waals surface area contributed by atoms with E-state index in [-0.39, 0.29) is 5.56 Å². The molecule has 3 aromatic carbocycles. The molecule has 0 aliphatic carbocycles. The quantitative estimate of drug-likeness (QED) is 0.213. The second-order valence-corrected chi connectivity index (χ2v) is 11.4. The molecular formula is C31H39NO4S. The Morgan fingerprint density at radius 3 is 2.00 bits per heavy atom. The Hall–Kier alpha value is -3.12. The van der Waals surface area contributed by atoms with E-state index in [1.807, 2.05) is 48.5 Å². The molecule has 0 aromatic heterocycles. The number of carboxylic acids is 1. The number of benzene rings is 3. The van der Waals surface area contributed by atoms with Gasteiger partial charge in [0.15, 0.2) is 0 Å². The Labute approximate surface area is 222 Å². The normalized spacial score (nSPS) is 11.4. The summed E-state index contributed by atoms with van der Waals surface area (Å²) in [7, 11) is -3.73. The van der Waals surface area contributed by atoms with Gasteiger partial charge in [-0.2, -0.15) is 0 Å². The number of unbranched alkanes of at least 4 members (excludes halogenated alkanes) is 4. The fraction of sp³-hybridized carbons (Fsp3) is 0.387. The first-order valence-corrected chi connectivity index (χ1v) is 14.8. The Morgan fingerprint density at radius 2 is 1.35 bits per heavy atom. The van der Waals surface area contributed by atoms with Crippen molar-refractivity contribution in [2.75, 3.05) is 10.8 Å². The minimum Gasteiger partial charge on any atom is -0.478 e. The van der Waals surface area contributed by atoms with E-state index in [9.17, 15) is 13.2 Å². The predicted molar refractivity (Wildman–Crippen MR) is 151 cm³/mol. The van der Waals surface area contributed by atoms with Crippen molar-refractivity contribution in [3.63, 3.8) is 0 Å². The fourth-order valence-electron chi connectivity index (χ4n) is 4.53. The van der Waals surface area contributed by atoms with Gasteiger partial charge in [0.1, 0.15) is 0 Å². The molecular weight excluding hydrogens is 482 g/mol. The predicted octanol–water partition coefficient (Wildman–Crippen LogP) is 7.29. The van der Waals surface area contributed by atoms with Gasteiger partial charge >= 0.3 is 5.97 Å². The number of carbonyl (C=O) groups is 1. The molecule has 0 atom stereocenters. The van der Waals surface area contributed by atoms with E-state index in [1.165, 1.54) is 0 Å². The maximum absolute atomic E-state index is 13.9. The maximum atomic E-state index is 13.9.